The zero-order valence-corrected chi connectivity index (χ0v) is 12.6. The molecule has 0 bridgehead atoms. The molecule has 2 aromatic rings. The third-order valence-electron chi connectivity index (χ3n) is 3.70. The zero-order valence-electron chi connectivity index (χ0n) is 11.1. The van der Waals surface area contributed by atoms with E-state index < -0.39 is 0 Å². The highest BCUT2D eigenvalue weighted by molar-refractivity contribution is 9.10. The van der Waals surface area contributed by atoms with Crippen molar-refractivity contribution in [1.82, 2.24) is 9.88 Å². The van der Waals surface area contributed by atoms with Crippen LogP contribution in [0.3, 0.4) is 0 Å². The average molecular weight is 295 g/mol. The first-order valence-corrected chi connectivity index (χ1v) is 6.69. The molecule has 0 amide bonds. The van der Waals surface area contributed by atoms with E-state index in [2.05, 4.69) is 65.8 Å². The molecule has 0 spiro atoms. The summed E-state index contributed by atoms with van der Waals surface area (Å²) in [7, 11) is 4.13. The second kappa shape index (κ2) is 4.46. The highest BCUT2D eigenvalue weighted by Gasteiger charge is 2.18. The van der Waals surface area contributed by atoms with E-state index in [1.807, 2.05) is 7.05 Å². The van der Waals surface area contributed by atoms with Crippen molar-refractivity contribution < 1.29 is 0 Å². The van der Waals surface area contributed by atoms with E-state index in [9.17, 15) is 0 Å². The topological polar surface area (TPSA) is 17.0 Å². The number of rotatable bonds is 2. The molecular formula is C14H19BrN2. The Kier molecular flexibility index (Phi) is 3.32. The number of hydrogen-bond acceptors (Lipinski definition) is 1. The van der Waals surface area contributed by atoms with Gasteiger partial charge in [0.1, 0.15) is 0 Å². The second-order valence-electron chi connectivity index (χ2n) is 4.67. The summed E-state index contributed by atoms with van der Waals surface area (Å²) in [6.07, 6.45) is 0. The number of aryl methyl sites for hydroxylation is 3. The molecule has 0 saturated carbocycles. The first-order valence-electron chi connectivity index (χ1n) is 5.90. The summed E-state index contributed by atoms with van der Waals surface area (Å²) in [6.45, 7) is 6.54. The molecule has 0 fully saturated rings. The van der Waals surface area contributed by atoms with Crippen LogP contribution in [-0.4, -0.2) is 11.6 Å². The van der Waals surface area contributed by atoms with Crippen LogP contribution in [0.4, 0.5) is 0 Å². The van der Waals surface area contributed by atoms with Crippen molar-refractivity contribution in [3.05, 3.63) is 33.4 Å². The lowest BCUT2D eigenvalue weighted by atomic mass is 10.1. The summed E-state index contributed by atoms with van der Waals surface area (Å²) in [5, 5.41) is 4.61. The molecule has 1 N–H and O–H groups in total. The molecule has 17 heavy (non-hydrogen) atoms. The summed E-state index contributed by atoms with van der Waals surface area (Å²) in [5.74, 6) is 0. The van der Waals surface area contributed by atoms with Gasteiger partial charge in [-0.15, -0.1) is 0 Å². The van der Waals surface area contributed by atoms with Crippen molar-refractivity contribution >= 4 is 26.8 Å². The second-order valence-corrected chi connectivity index (χ2v) is 5.47. The molecule has 1 unspecified atom stereocenters. The van der Waals surface area contributed by atoms with Gasteiger partial charge < -0.3 is 9.88 Å². The van der Waals surface area contributed by atoms with Gasteiger partial charge in [-0.3, -0.25) is 0 Å². The van der Waals surface area contributed by atoms with Gasteiger partial charge in [0.25, 0.3) is 0 Å². The molecule has 3 heteroatoms. The van der Waals surface area contributed by atoms with E-state index in [1.165, 1.54) is 32.2 Å². The zero-order chi connectivity index (χ0) is 12.7. The molecule has 2 rings (SSSR count). The van der Waals surface area contributed by atoms with Gasteiger partial charge in [-0.1, -0.05) is 12.1 Å². The lowest BCUT2D eigenvalue weighted by Crippen LogP contribution is -2.16. The molecule has 1 aromatic carbocycles. The van der Waals surface area contributed by atoms with E-state index in [-0.39, 0.29) is 0 Å². The number of hydrogen-bond donors (Lipinski definition) is 1. The van der Waals surface area contributed by atoms with Crippen LogP contribution >= 0.6 is 15.9 Å². The van der Waals surface area contributed by atoms with E-state index >= 15 is 0 Å². The molecule has 0 saturated heterocycles. The lowest BCUT2D eigenvalue weighted by molar-refractivity contribution is 0.606. The Balaban J connectivity index is 2.85. The molecule has 1 heterocycles. The fraction of sp³-hybridized carbons (Fsp3) is 0.429. The Morgan fingerprint density at radius 1 is 1.29 bits per heavy atom. The fourth-order valence-corrected chi connectivity index (χ4v) is 3.36. The SMILES string of the molecule is CNC(C)c1c(Br)c2ccc(C)c(C)c2n1C. The van der Waals surface area contributed by atoms with Crippen LogP contribution in [0.25, 0.3) is 10.9 Å². The molecule has 92 valence electrons. The van der Waals surface area contributed by atoms with Gasteiger partial charge in [-0.05, 0) is 54.9 Å². The minimum Gasteiger partial charge on any atom is -0.345 e. The van der Waals surface area contributed by atoms with Crippen LogP contribution in [0.1, 0.15) is 29.8 Å². The summed E-state index contributed by atoms with van der Waals surface area (Å²) < 4.78 is 3.50. The van der Waals surface area contributed by atoms with Crippen LogP contribution in [0.15, 0.2) is 16.6 Å². The van der Waals surface area contributed by atoms with Crippen molar-refractivity contribution in [2.45, 2.75) is 26.8 Å². The quantitative estimate of drug-likeness (QED) is 0.890. The predicted octanol–water partition coefficient (Wildman–Crippen LogP) is 3.84. The molecule has 1 aromatic heterocycles. The predicted molar refractivity (Wildman–Crippen MR) is 77.6 cm³/mol. The standard InChI is InChI=1S/C14H19BrN2/c1-8-6-7-11-12(15)14(10(3)16-4)17(5)13(11)9(8)2/h6-7,10,16H,1-5H3. The maximum atomic E-state index is 3.74. The Morgan fingerprint density at radius 3 is 2.53 bits per heavy atom. The molecule has 0 radical (unpaired) electrons. The van der Waals surface area contributed by atoms with Crippen molar-refractivity contribution in [2.24, 2.45) is 7.05 Å². The lowest BCUT2D eigenvalue weighted by Gasteiger charge is -2.13. The molecule has 0 aliphatic heterocycles. The summed E-state index contributed by atoms with van der Waals surface area (Å²) in [4.78, 5) is 0. The van der Waals surface area contributed by atoms with Crippen LogP contribution in [-0.2, 0) is 7.05 Å². The number of benzene rings is 1. The van der Waals surface area contributed by atoms with Gasteiger partial charge in [-0.2, -0.15) is 0 Å². The van der Waals surface area contributed by atoms with Gasteiger partial charge in [0.15, 0.2) is 0 Å². The Labute approximate surface area is 111 Å². The molecular weight excluding hydrogens is 276 g/mol. The van der Waals surface area contributed by atoms with Gasteiger partial charge in [0, 0.05) is 28.6 Å². The monoisotopic (exact) mass is 294 g/mol. The average Bonchev–Trinajstić information content (AvgIpc) is 2.56. The number of aromatic nitrogens is 1. The van der Waals surface area contributed by atoms with Crippen LogP contribution in [0.5, 0.6) is 0 Å². The maximum Gasteiger partial charge on any atom is 0.0524 e. The van der Waals surface area contributed by atoms with Crippen LogP contribution in [0.2, 0.25) is 0 Å². The van der Waals surface area contributed by atoms with Crippen molar-refractivity contribution in [3.63, 3.8) is 0 Å². The molecule has 1 atom stereocenters. The Morgan fingerprint density at radius 2 is 1.94 bits per heavy atom. The van der Waals surface area contributed by atoms with Gasteiger partial charge in [-0.25, -0.2) is 0 Å². The smallest absolute Gasteiger partial charge is 0.0524 e. The number of nitrogens with one attached hydrogen (secondary N) is 1. The first-order chi connectivity index (χ1) is 7.99. The summed E-state index contributed by atoms with van der Waals surface area (Å²) in [5.41, 5.74) is 5.33. The highest BCUT2D eigenvalue weighted by atomic mass is 79.9. The van der Waals surface area contributed by atoms with E-state index in [0.717, 1.165) is 0 Å². The molecule has 2 nitrogen and oxygen atoms in total. The van der Waals surface area contributed by atoms with Crippen LogP contribution in [0, 0.1) is 13.8 Å². The highest BCUT2D eigenvalue weighted by Crippen LogP contribution is 2.36. The molecule has 0 aliphatic rings. The van der Waals surface area contributed by atoms with E-state index in [0.29, 0.717) is 6.04 Å². The van der Waals surface area contributed by atoms with E-state index in [4.69, 9.17) is 0 Å². The summed E-state index contributed by atoms with van der Waals surface area (Å²) >= 11 is 3.74. The maximum absolute atomic E-state index is 3.74. The Hall–Kier alpha value is -0.800. The van der Waals surface area contributed by atoms with Crippen molar-refractivity contribution in [3.8, 4) is 0 Å². The minimum atomic E-state index is 0.335. The van der Waals surface area contributed by atoms with Gasteiger partial charge >= 0.3 is 0 Å². The van der Waals surface area contributed by atoms with E-state index in [1.54, 1.807) is 0 Å². The first kappa shape index (κ1) is 12.7. The number of nitrogens with zero attached hydrogens (tertiary/aromatic N) is 1. The fourth-order valence-electron chi connectivity index (χ4n) is 2.43. The van der Waals surface area contributed by atoms with Gasteiger partial charge in [0.2, 0.25) is 0 Å². The third-order valence-corrected chi connectivity index (χ3v) is 4.54. The summed E-state index contributed by atoms with van der Waals surface area (Å²) in [6, 6.07) is 4.73. The van der Waals surface area contributed by atoms with Crippen molar-refractivity contribution in [1.29, 1.82) is 0 Å². The minimum absolute atomic E-state index is 0.335. The molecule has 0 aliphatic carbocycles. The third kappa shape index (κ3) is 1.81. The normalized spacial score (nSPS) is 13.3. The van der Waals surface area contributed by atoms with Crippen molar-refractivity contribution in [2.75, 3.05) is 7.05 Å². The largest absolute Gasteiger partial charge is 0.345 e. The number of halogens is 1. The Bertz CT molecular complexity index is 569. The number of fused-ring (bicyclic) bond motifs is 1. The van der Waals surface area contributed by atoms with Gasteiger partial charge in [0.05, 0.1) is 5.52 Å². The van der Waals surface area contributed by atoms with Crippen LogP contribution < -0.4 is 5.32 Å².